The van der Waals surface area contributed by atoms with E-state index in [2.05, 4.69) is 20.9 Å². The van der Waals surface area contributed by atoms with Gasteiger partial charge >= 0.3 is 0 Å². The minimum Gasteiger partial charge on any atom is -0.298 e. The number of nitro groups is 1. The molecule has 0 spiro atoms. The van der Waals surface area contributed by atoms with E-state index < -0.39 is 28.3 Å². The van der Waals surface area contributed by atoms with Crippen LogP contribution in [0, 0.1) is 10.1 Å². The predicted molar refractivity (Wildman–Crippen MR) is 48.9 cm³/mol. The molecule has 1 aromatic heterocycles. The van der Waals surface area contributed by atoms with E-state index in [4.69, 9.17) is 0 Å². The number of hydrogen-bond donors (Lipinski definition) is 0. The smallest absolute Gasteiger partial charge is 0.284 e. The average molecular weight is 281 g/mol. The molecule has 1 heterocycles. The van der Waals surface area contributed by atoms with Crippen molar-refractivity contribution in [1.29, 1.82) is 0 Å². The number of alkyl halides is 2. The Balaban J connectivity index is 3.52. The molecule has 15 heavy (non-hydrogen) atoms. The third-order valence-electron chi connectivity index (χ3n) is 1.56. The molecule has 0 atom stereocenters. The molecule has 1 aromatic rings. The van der Waals surface area contributed by atoms with Gasteiger partial charge in [0.1, 0.15) is 15.9 Å². The Labute approximate surface area is 90.4 Å². The van der Waals surface area contributed by atoms with E-state index in [0.29, 0.717) is 0 Å². The second kappa shape index (κ2) is 4.39. The van der Waals surface area contributed by atoms with Crippen molar-refractivity contribution in [2.75, 3.05) is 0 Å². The van der Waals surface area contributed by atoms with E-state index in [1.807, 2.05) is 0 Å². The predicted octanol–water partition coefficient (Wildman–Crippen LogP) is 2.50. The number of nitrogens with zero attached hydrogens (tertiary/aromatic N) is 2. The maximum absolute atomic E-state index is 12.4. The topological polar surface area (TPSA) is 73.1 Å². The fraction of sp³-hybridized carbons (Fsp3) is 0.143. The van der Waals surface area contributed by atoms with Gasteiger partial charge in [0, 0.05) is 6.07 Å². The number of aldehydes is 1. The monoisotopic (exact) mass is 280 g/mol. The van der Waals surface area contributed by atoms with Gasteiger partial charge in [-0.15, -0.1) is 0 Å². The van der Waals surface area contributed by atoms with Crippen molar-refractivity contribution >= 4 is 27.9 Å². The molecule has 8 heteroatoms. The summed E-state index contributed by atoms with van der Waals surface area (Å²) in [6.07, 6.45) is -3.04. The second-order valence-electron chi connectivity index (χ2n) is 2.44. The van der Waals surface area contributed by atoms with Crippen molar-refractivity contribution in [3.63, 3.8) is 0 Å². The van der Waals surface area contributed by atoms with Crippen LogP contribution in [0.25, 0.3) is 0 Å². The molecule has 0 N–H and O–H groups in total. The third-order valence-corrected chi connectivity index (χ3v) is 1.96. The van der Waals surface area contributed by atoms with Crippen molar-refractivity contribution < 1.29 is 18.5 Å². The number of carbonyl (C=O) groups excluding carboxylic acids is 1. The Morgan fingerprint density at radius 1 is 1.60 bits per heavy atom. The highest BCUT2D eigenvalue weighted by molar-refractivity contribution is 9.10. The molecule has 0 bridgehead atoms. The van der Waals surface area contributed by atoms with Crippen LogP contribution < -0.4 is 0 Å². The van der Waals surface area contributed by atoms with Gasteiger partial charge in [-0.1, -0.05) is 0 Å². The van der Waals surface area contributed by atoms with Crippen molar-refractivity contribution in [2.45, 2.75) is 6.43 Å². The molecule has 80 valence electrons. The Kier molecular flexibility index (Phi) is 3.40. The van der Waals surface area contributed by atoms with Gasteiger partial charge in [0.25, 0.3) is 12.1 Å². The summed E-state index contributed by atoms with van der Waals surface area (Å²) < 4.78 is 24.6. The van der Waals surface area contributed by atoms with E-state index in [9.17, 15) is 23.7 Å². The molecule has 0 unspecified atom stereocenters. The lowest BCUT2D eigenvalue weighted by atomic mass is 10.2. The Morgan fingerprint density at radius 3 is 2.60 bits per heavy atom. The van der Waals surface area contributed by atoms with E-state index in [1.54, 1.807) is 0 Å². The van der Waals surface area contributed by atoms with Crippen molar-refractivity contribution in [1.82, 2.24) is 4.98 Å². The molecule has 0 aliphatic heterocycles. The second-order valence-corrected chi connectivity index (χ2v) is 3.25. The number of hydrogen-bond acceptors (Lipinski definition) is 4. The molecule has 0 saturated heterocycles. The van der Waals surface area contributed by atoms with Crippen molar-refractivity contribution in [3.05, 3.63) is 32.0 Å². The lowest BCUT2D eigenvalue weighted by Gasteiger charge is -2.03. The molecule has 0 aliphatic rings. The van der Waals surface area contributed by atoms with E-state index >= 15 is 0 Å². The standard InChI is InChI=1S/C7H3BrF2N2O3/c8-5-1-4(12(14)15)3(2-13)6(11-5)7(9)10/h1-2,7H. The molecule has 5 nitrogen and oxygen atoms in total. The molecular weight excluding hydrogens is 278 g/mol. The zero-order chi connectivity index (χ0) is 11.6. The van der Waals surface area contributed by atoms with Crippen LogP contribution in [0.2, 0.25) is 0 Å². The van der Waals surface area contributed by atoms with Crippen LogP contribution in [0.3, 0.4) is 0 Å². The van der Waals surface area contributed by atoms with Gasteiger partial charge in [0.05, 0.1) is 4.92 Å². The Bertz CT molecular complexity index is 425. The summed E-state index contributed by atoms with van der Waals surface area (Å²) in [5, 5.41) is 10.5. The van der Waals surface area contributed by atoms with Crippen LogP contribution in [-0.4, -0.2) is 16.2 Å². The van der Waals surface area contributed by atoms with Crippen LogP contribution in [-0.2, 0) is 0 Å². The molecule has 0 saturated carbocycles. The van der Waals surface area contributed by atoms with Gasteiger partial charge in [-0.25, -0.2) is 13.8 Å². The highest BCUT2D eigenvalue weighted by atomic mass is 79.9. The van der Waals surface area contributed by atoms with Crippen LogP contribution in [0.5, 0.6) is 0 Å². The van der Waals surface area contributed by atoms with E-state index in [-0.39, 0.29) is 10.9 Å². The number of halogens is 3. The fourth-order valence-electron chi connectivity index (χ4n) is 0.967. The zero-order valence-electron chi connectivity index (χ0n) is 6.99. The maximum Gasteiger partial charge on any atom is 0.284 e. The zero-order valence-corrected chi connectivity index (χ0v) is 8.57. The van der Waals surface area contributed by atoms with Crippen molar-refractivity contribution in [3.8, 4) is 0 Å². The molecule has 0 aromatic carbocycles. The normalized spacial score (nSPS) is 10.4. The third kappa shape index (κ3) is 2.32. The molecule has 0 fully saturated rings. The summed E-state index contributed by atoms with van der Waals surface area (Å²) in [6, 6.07) is 0.898. The summed E-state index contributed by atoms with van der Waals surface area (Å²) in [5.41, 5.74) is -2.29. The first-order valence-corrected chi connectivity index (χ1v) is 4.34. The fourth-order valence-corrected chi connectivity index (χ4v) is 1.38. The molecule has 0 aliphatic carbocycles. The Hall–Kier alpha value is -1.44. The number of aromatic nitrogens is 1. The van der Waals surface area contributed by atoms with E-state index in [0.717, 1.165) is 6.07 Å². The van der Waals surface area contributed by atoms with Gasteiger partial charge in [-0.3, -0.25) is 14.9 Å². The molecule has 0 radical (unpaired) electrons. The molecule has 0 amide bonds. The minimum atomic E-state index is -3.04. The quantitative estimate of drug-likeness (QED) is 0.369. The first-order valence-electron chi connectivity index (χ1n) is 3.55. The first kappa shape index (κ1) is 11.6. The van der Waals surface area contributed by atoms with Gasteiger partial charge in [-0.05, 0) is 15.9 Å². The SMILES string of the molecule is O=Cc1c([N+](=O)[O-])cc(Br)nc1C(F)F. The lowest BCUT2D eigenvalue weighted by molar-refractivity contribution is -0.385. The summed E-state index contributed by atoms with van der Waals surface area (Å²) in [5.74, 6) is 0. The van der Waals surface area contributed by atoms with Crippen LogP contribution in [0.4, 0.5) is 14.5 Å². The summed E-state index contributed by atoms with van der Waals surface area (Å²) in [4.78, 5) is 23.3. The minimum absolute atomic E-state index is 0.000926. The van der Waals surface area contributed by atoms with Gasteiger partial charge in [0.2, 0.25) is 0 Å². The van der Waals surface area contributed by atoms with Gasteiger partial charge in [0.15, 0.2) is 6.29 Å². The maximum atomic E-state index is 12.4. The molecular formula is C7H3BrF2N2O3. The average Bonchev–Trinajstić information content (AvgIpc) is 2.16. The highest BCUT2D eigenvalue weighted by Gasteiger charge is 2.25. The number of rotatable bonds is 3. The van der Waals surface area contributed by atoms with Crippen molar-refractivity contribution in [2.24, 2.45) is 0 Å². The van der Waals surface area contributed by atoms with E-state index in [1.165, 1.54) is 0 Å². The summed E-state index contributed by atoms with van der Waals surface area (Å²) in [7, 11) is 0. The number of pyridine rings is 1. The largest absolute Gasteiger partial charge is 0.298 e. The summed E-state index contributed by atoms with van der Waals surface area (Å²) in [6.45, 7) is 0. The van der Waals surface area contributed by atoms with Gasteiger partial charge < -0.3 is 0 Å². The molecule has 1 rings (SSSR count). The van der Waals surface area contributed by atoms with Crippen LogP contribution >= 0.6 is 15.9 Å². The lowest BCUT2D eigenvalue weighted by Crippen LogP contribution is -2.03. The number of carbonyl (C=O) groups is 1. The van der Waals surface area contributed by atoms with Gasteiger partial charge in [-0.2, -0.15) is 0 Å². The van der Waals surface area contributed by atoms with Crippen LogP contribution in [0.15, 0.2) is 10.7 Å². The summed E-state index contributed by atoms with van der Waals surface area (Å²) >= 11 is 2.75. The Morgan fingerprint density at radius 2 is 2.20 bits per heavy atom. The highest BCUT2D eigenvalue weighted by Crippen LogP contribution is 2.29. The first-order chi connectivity index (χ1) is 6.97. The van der Waals surface area contributed by atoms with Crippen LogP contribution in [0.1, 0.15) is 22.5 Å².